The molecule has 0 aromatic heterocycles. The molecular formula is C19H22O3. The van der Waals surface area contributed by atoms with Crippen LogP contribution in [0.2, 0.25) is 0 Å². The molecule has 0 atom stereocenters. The van der Waals surface area contributed by atoms with E-state index in [-0.39, 0.29) is 5.78 Å². The average Bonchev–Trinajstić information content (AvgIpc) is 2.57. The van der Waals surface area contributed by atoms with Crippen LogP contribution in [0.4, 0.5) is 0 Å². The highest BCUT2D eigenvalue weighted by molar-refractivity contribution is 6.45. The van der Waals surface area contributed by atoms with Crippen molar-refractivity contribution in [1.82, 2.24) is 0 Å². The van der Waals surface area contributed by atoms with Gasteiger partial charge in [-0.1, -0.05) is 50.5 Å². The Balaban J connectivity index is 2.23. The van der Waals surface area contributed by atoms with Crippen LogP contribution in [-0.2, 0) is 4.79 Å². The SMILES string of the molecule is CCCCCCC(=O)C(=O)c1ccc(OC)c2ccccc12. The Bertz CT molecular complexity index is 673. The van der Waals surface area contributed by atoms with Crippen molar-refractivity contribution in [3.8, 4) is 5.75 Å². The van der Waals surface area contributed by atoms with Crippen molar-refractivity contribution in [1.29, 1.82) is 0 Å². The van der Waals surface area contributed by atoms with Crippen molar-refractivity contribution in [2.24, 2.45) is 0 Å². The van der Waals surface area contributed by atoms with Crippen LogP contribution in [0, 0.1) is 0 Å². The number of Topliss-reactive ketones (excluding diaryl/α,β-unsaturated/α-hetero) is 2. The molecule has 0 N–H and O–H groups in total. The molecule has 0 unspecified atom stereocenters. The summed E-state index contributed by atoms with van der Waals surface area (Å²) in [5.74, 6) is 0.0179. The molecule has 22 heavy (non-hydrogen) atoms. The van der Waals surface area contributed by atoms with E-state index in [1.807, 2.05) is 24.3 Å². The van der Waals surface area contributed by atoms with E-state index in [9.17, 15) is 9.59 Å². The average molecular weight is 298 g/mol. The first-order valence-electron chi connectivity index (χ1n) is 7.82. The minimum absolute atomic E-state index is 0.300. The minimum Gasteiger partial charge on any atom is -0.496 e. The van der Waals surface area contributed by atoms with E-state index in [1.54, 1.807) is 19.2 Å². The Morgan fingerprint density at radius 2 is 1.68 bits per heavy atom. The van der Waals surface area contributed by atoms with E-state index < -0.39 is 5.78 Å². The van der Waals surface area contributed by atoms with E-state index in [1.165, 1.54) is 0 Å². The monoisotopic (exact) mass is 298 g/mol. The van der Waals surface area contributed by atoms with E-state index in [4.69, 9.17) is 4.74 Å². The maximum absolute atomic E-state index is 12.4. The summed E-state index contributed by atoms with van der Waals surface area (Å²) in [6, 6.07) is 11.0. The van der Waals surface area contributed by atoms with Gasteiger partial charge in [0.1, 0.15) is 5.75 Å². The van der Waals surface area contributed by atoms with Crippen LogP contribution in [0.3, 0.4) is 0 Å². The molecule has 3 heteroatoms. The highest BCUT2D eigenvalue weighted by Gasteiger charge is 2.19. The number of hydrogen-bond acceptors (Lipinski definition) is 3. The summed E-state index contributed by atoms with van der Waals surface area (Å²) in [7, 11) is 1.60. The minimum atomic E-state index is -0.393. The summed E-state index contributed by atoms with van der Waals surface area (Å²) in [6.07, 6.45) is 4.34. The zero-order valence-electron chi connectivity index (χ0n) is 13.2. The largest absolute Gasteiger partial charge is 0.496 e. The van der Waals surface area contributed by atoms with E-state index in [2.05, 4.69) is 6.92 Å². The number of carbonyl (C=O) groups excluding carboxylic acids is 2. The summed E-state index contributed by atoms with van der Waals surface area (Å²) in [4.78, 5) is 24.6. The first kappa shape index (κ1) is 16.2. The first-order chi connectivity index (χ1) is 10.7. The lowest BCUT2D eigenvalue weighted by Crippen LogP contribution is -2.14. The summed E-state index contributed by atoms with van der Waals surface area (Å²) >= 11 is 0. The smallest absolute Gasteiger partial charge is 0.229 e. The van der Waals surface area contributed by atoms with Crippen LogP contribution in [0.25, 0.3) is 10.8 Å². The molecule has 0 saturated heterocycles. The third kappa shape index (κ3) is 3.53. The topological polar surface area (TPSA) is 43.4 Å². The molecule has 116 valence electrons. The fraction of sp³-hybridized carbons (Fsp3) is 0.368. The maximum atomic E-state index is 12.4. The Kier molecular flexibility index (Phi) is 5.70. The lowest BCUT2D eigenvalue weighted by Gasteiger charge is -2.09. The van der Waals surface area contributed by atoms with Gasteiger partial charge in [-0.15, -0.1) is 0 Å². The molecule has 0 bridgehead atoms. The second-order valence-corrected chi connectivity index (χ2v) is 5.42. The Morgan fingerprint density at radius 1 is 0.955 bits per heavy atom. The summed E-state index contributed by atoms with van der Waals surface area (Å²) < 4.78 is 5.32. The molecular weight excluding hydrogens is 276 g/mol. The van der Waals surface area contributed by atoms with Gasteiger partial charge in [-0.25, -0.2) is 0 Å². The van der Waals surface area contributed by atoms with Crippen molar-refractivity contribution in [2.75, 3.05) is 7.11 Å². The van der Waals surface area contributed by atoms with Gasteiger partial charge in [-0.3, -0.25) is 9.59 Å². The van der Waals surface area contributed by atoms with Crippen molar-refractivity contribution < 1.29 is 14.3 Å². The van der Waals surface area contributed by atoms with Crippen molar-refractivity contribution in [2.45, 2.75) is 39.0 Å². The number of unbranched alkanes of at least 4 members (excludes halogenated alkanes) is 3. The molecule has 0 aliphatic carbocycles. The van der Waals surface area contributed by atoms with Gasteiger partial charge in [-0.05, 0) is 23.9 Å². The molecule has 0 saturated carbocycles. The Morgan fingerprint density at radius 3 is 2.36 bits per heavy atom. The Hall–Kier alpha value is -2.16. The van der Waals surface area contributed by atoms with Gasteiger partial charge < -0.3 is 4.74 Å². The van der Waals surface area contributed by atoms with E-state index >= 15 is 0 Å². The quantitative estimate of drug-likeness (QED) is 0.407. The van der Waals surface area contributed by atoms with Crippen molar-refractivity contribution in [3.63, 3.8) is 0 Å². The number of benzene rings is 2. The summed E-state index contributed by atoms with van der Waals surface area (Å²) in [6.45, 7) is 2.12. The van der Waals surface area contributed by atoms with Gasteiger partial charge in [0, 0.05) is 17.4 Å². The third-order valence-corrected chi connectivity index (χ3v) is 3.86. The lowest BCUT2D eigenvalue weighted by atomic mass is 9.96. The molecule has 0 aliphatic rings. The fourth-order valence-corrected chi connectivity index (χ4v) is 2.62. The van der Waals surface area contributed by atoms with Gasteiger partial charge in [0.25, 0.3) is 0 Å². The van der Waals surface area contributed by atoms with Crippen LogP contribution in [-0.4, -0.2) is 18.7 Å². The van der Waals surface area contributed by atoms with Crippen LogP contribution < -0.4 is 4.74 Å². The van der Waals surface area contributed by atoms with Crippen molar-refractivity contribution in [3.05, 3.63) is 42.0 Å². The number of fused-ring (bicyclic) bond motifs is 1. The third-order valence-electron chi connectivity index (χ3n) is 3.86. The molecule has 2 aromatic carbocycles. The van der Waals surface area contributed by atoms with Crippen molar-refractivity contribution >= 4 is 22.3 Å². The van der Waals surface area contributed by atoms with Crippen LogP contribution in [0.15, 0.2) is 36.4 Å². The zero-order valence-corrected chi connectivity index (χ0v) is 13.2. The molecule has 0 amide bonds. The number of rotatable bonds is 8. The number of ketones is 2. The van der Waals surface area contributed by atoms with Gasteiger partial charge in [0.2, 0.25) is 11.6 Å². The van der Waals surface area contributed by atoms with Gasteiger partial charge in [0.05, 0.1) is 7.11 Å². The summed E-state index contributed by atoms with van der Waals surface area (Å²) in [5.41, 5.74) is 0.469. The molecule has 0 spiro atoms. The molecule has 2 rings (SSSR count). The molecule has 2 aromatic rings. The summed E-state index contributed by atoms with van der Waals surface area (Å²) in [5, 5.41) is 1.63. The van der Waals surface area contributed by atoms with Crippen LogP contribution in [0.1, 0.15) is 49.4 Å². The number of ether oxygens (including phenoxy) is 1. The molecule has 0 radical (unpaired) electrons. The maximum Gasteiger partial charge on any atom is 0.229 e. The van der Waals surface area contributed by atoms with Crippen LogP contribution in [0.5, 0.6) is 5.75 Å². The van der Waals surface area contributed by atoms with E-state index in [0.717, 1.165) is 36.5 Å². The van der Waals surface area contributed by atoms with Gasteiger partial charge in [-0.2, -0.15) is 0 Å². The lowest BCUT2D eigenvalue weighted by molar-refractivity contribution is -0.115. The highest BCUT2D eigenvalue weighted by atomic mass is 16.5. The highest BCUT2D eigenvalue weighted by Crippen LogP contribution is 2.28. The number of hydrogen-bond donors (Lipinski definition) is 0. The molecule has 0 fully saturated rings. The fourth-order valence-electron chi connectivity index (χ4n) is 2.62. The van der Waals surface area contributed by atoms with Gasteiger partial charge >= 0.3 is 0 Å². The Labute approximate surface area is 131 Å². The second-order valence-electron chi connectivity index (χ2n) is 5.42. The standard InChI is InChI=1S/C19H22O3/c1-3-4-5-6-11-17(20)19(21)16-12-13-18(22-2)15-10-8-7-9-14(15)16/h7-10,12-13H,3-6,11H2,1-2H3. The first-order valence-corrected chi connectivity index (χ1v) is 7.82. The molecule has 0 aliphatic heterocycles. The van der Waals surface area contributed by atoms with Crippen LogP contribution >= 0.6 is 0 Å². The number of carbonyl (C=O) groups is 2. The van der Waals surface area contributed by atoms with E-state index in [0.29, 0.717) is 17.7 Å². The molecule has 0 heterocycles. The second kappa shape index (κ2) is 7.74. The van der Waals surface area contributed by atoms with Gasteiger partial charge in [0.15, 0.2) is 0 Å². The molecule has 3 nitrogen and oxygen atoms in total. The number of methoxy groups -OCH3 is 1. The zero-order chi connectivity index (χ0) is 15.9. The predicted molar refractivity (Wildman–Crippen MR) is 88.6 cm³/mol. The normalized spacial score (nSPS) is 10.6. The predicted octanol–water partition coefficient (Wildman–Crippen LogP) is 4.57.